The Hall–Kier alpha value is -1.46. The lowest BCUT2D eigenvalue weighted by atomic mass is 10.2. The first kappa shape index (κ1) is 15.6. The molecule has 0 aromatic carbocycles. The molecule has 0 aliphatic carbocycles. The molecule has 0 unspecified atom stereocenters. The summed E-state index contributed by atoms with van der Waals surface area (Å²) in [7, 11) is 3.53. The number of nitrogens with zero attached hydrogens (tertiary/aromatic N) is 2. The smallest absolute Gasteiger partial charge is 0.223 e. The number of nitrogens with one attached hydrogen (secondary N) is 1. The number of hydrogen-bond acceptors (Lipinski definition) is 4. The first-order valence-electron chi connectivity index (χ1n) is 6.59. The van der Waals surface area contributed by atoms with Gasteiger partial charge in [-0.25, -0.2) is 0 Å². The summed E-state index contributed by atoms with van der Waals surface area (Å²) in [4.78, 5) is 18.2. The number of carbonyl (C=O) groups is 1. The molecule has 1 heterocycles. The van der Waals surface area contributed by atoms with Gasteiger partial charge >= 0.3 is 0 Å². The van der Waals surface area contributed by atoms with Gasteiger partial charge < -0.3 is 15.0 Å². The molecular weight excluding hydrogens is 242 g/mol. The number of ether oxygens (including phenoxy) is 1. The molecule has 0 saturated carbocycles. The predicted octanol–water partition coefficient (Wildman–Crippen LogP) is 1.06. The van der Waals surface area contributed by atoms with Crippen LogP contribution in [0.4, 0.5) is 0 Å². The van der Waals surface area contributed by atoms with E-state index in [4.69, 9.17) is 4.74 Å². The summed E-state index contributed by atoms with van der Waals surface area (Å²) in [5.41, 5.74) is 0.903. The Bertz CT molecular complexity index is 357. The second-order valence-electron chi connectivity index (χ2n) is 4.34. The van der Waals surface area contributed by atoms with E-state index in [1.54, 1.807) is 13.3 Å². The van der Waals surface area contributed by atoms with Crippen LogP contribution in [0.2, 0.25) is 0 Å². The number of rotatable bonds is 9. The van der Waals surface area contributed by atoms with Crippen LogP contribution < -0.4 is 5.32 Å². The third-order valence-electron chi connectivity index (χ3n) is 2.81. The van der Waals surface area contributed by atoms with Crippen LogP contribution in [0.5, 0.6) is 0 Å². The third kappa shape index (κ3) is 6.31. The molecule has 0 radical (unpaired) electrons. The van der Waals surface area contributed by atoms with Crippen molar-refractivity contribution in [3.63, 3.8) is 0 Å². The quantitative estimate of drug-likeness (QED) is 0.678. The lowest BCUT2D eigenvalue weighted by Gasteiger charge is -2.22. The highest BCUT2D eigenvalue weighted by Gasteiger charge is 2.13. The summed E-state index contributed by atoms with van der Waals surface area (Å²) in [6.45, 7) is 2.55. The van der Waals surface area contributed by atoms with Gasteiger partial charge in [0.15, 0.2) is 0 Å². The molecule has 1 aromatic heterocycles. The highest BCUT2D eigenvalue weighted by atomic mass is 16.5. The van der Waals surface area contributed by atoms with Gasteiger partial charge in [-0.2, -0.15) is 0 Å². The van der Waals surface area contributed by atoms with Gasteiger partial charge in [-0.15, -0.1) is 0 Å². The van der Waals surface area contributed by atoms with Gasteiger partial charge in [-0.1, -0.05) is 6.07 Å². The van der Waals surface area contributed by atoms with Crippen LogP contribution in [0.3, 0.4) is 0 Å². The Kier molecular flexibility index (Phi) is 7.77. The Labute approximate surface area is 115 Å². The maximum absolute atomic E-state index is 12.1. The van der Waals surface area contributed by atoms with Crippen molar-refractivity contribution in [2.75, 3.05) is 33.9 Å². The van der Waals surface area contributed by atoms with Crippen LogP contribution in [0, 0.1) is 0 Å². The molecule has 0 spiro atoms. The first-order valence-corrected chi connectivity index (χ1v) is 6.59. The largest absolute Gasteiger partial charge is 0.383 e. The minimum atomic E-state index is 0.151. The van der Waals surface area contributed by atoms with E-state index in [1.165, 1.54) is 0 Å². The van der Waals surface area contributed by atoms with Crippen molar-refractivity contribution in [2.45, 2.75) is 19.4 Å². The average Bonchev–Trinajstić information content (AvgIpc) is 2.44. The fourth-order valence-electron chi connectivity index (χ4n) is 1.76. The molecule has 0 aliphatic rings. The van der Waals surface area contributed by atoms with Crippen molar-refractivity contribution in [1.82, 2.24) is 15.2 Å². The van der Waals surface area contributed by atoms with Gasteiger partial charge in [0.05, 0.1) is 18.8 Å². The average molecular weight is 265 g/mol. The molecule has 1 rings (SSSR count). The molecule has 0 bridgehead atoms. The summed E-state index contributed by atoms with van der Waals surface area (Å²) in [6.07, 6.45) is 3.15. The van der Waals surface area contributed by atoms with Gasteiger partial charge in [0.25, 0.3) is 0 Å². The minimum absolute atomic E-state index is 0.151. The van der Waals surface area contributed by atoms with Crippen molar-refractivity contribution >= 4 is 5.91 Å². The van der Waals surface area contributed by atoms with E-state index in [9.17, 15) is 4.79 Å². The molecule has 1 aromatic rings. The number of methoxy groups -OCH3 is 1. The molecular formula is C14H23N3O2. The number of aromatic nitrogens is 1. The summed E-state index contributed by atoms with van der Waals surface area (Å²) < 4.78 is 5.06. The maximum atomic E-state index is 12.1. The van der Waals surface area contributed by atoms with Crippen LogP contribution in [-0.4, -0.2) is 49.6 Å². The summed E-state index contributed by atoms with van der Waals surface area (Å²) in [5, 5.41) is 3.05. The number of pyridine rings is 1. The van der Waals surface area contributed by atoms with Crippen LogP contribution >= 0.6 is 0 Å². The van der Waals surface area contributed by atoms with Gasteiger partial charge in [-0.05, 0) is 32.1 Å². The monoisotopic (exact) mass is 265 g/mol. The maximum Gasteiger partial charge on any atom is 0.223 e. The van der Waals surface area contributed by atoms with E-state index >= 15 is 0 Å². The molecule has 1 N–H and O–H groups in total. The highest BCUT2D eigenvalue weighted by molar-refractivity contribution is 5.76. The highest BCUT2D eigenvalue weighted by Crippen LogP contribution is 2.04. The molecule has 0 saturated heterocycles. The topological polar surface area (TPSA) is 54.5 Å². The van der Waals surface area contributed by atoms with Gasteiger partial charge in [0.1, 0.15) is 0 Å². The molecule has 0 aliphatic heterocycles. The normalized spacial score (nSPS) is 10.4. The molecule has 19 heavy (non-hydrogen) atoms. The van der Waals surface area contributed by atoms with Crippen molar-refractivity contribution < 1.29 is 9.53 Å². The van der Waals surface area contributed by atoms with Gasteiger partial charge in [-0.3, -0.25) is 9.78 Å². The fourth-order valence-corrected chi connectivity index (χ4v) is 1.76. The Morgan fingerprint density at radius 2 is 2.32 bits per heavy atom. The Balaban J connectivity index is 2.53. The first-order chi connectivity index (χ1) is 9.27. The van der Waals surface area contributed by atoms with E-state index in [-0.39, 0.29) is 5.91 Å². The summed E-state index contributed by atoms with van der Waals surface area (Å²) in [6, 6.07) is 5.74. The fraction of sp³-hybridized carbons (Fsp3) is 0.571. The number of amides is 1. The van der Waals surface area contributed by atoms with Gasteiger partial charge in [0.2, 0.25) is 5.91 Å². The molecule has 106 valence electrons. The van der Waals surface area contributed by atoms with Crippen LogP contribution in [0.25, 0.3) is 0 Å². The van der Waals surface area contributed by atoms with Crippen LogP contribution in [0.15, 0.2) is 24.4 Å². The minimum Gasteiger partial charge on any atom is -0.383 e. The molecule has 0 atom stereocenters. The molecule has 0 fully saturated rings. The molecule has 1 amide bonds. The third-order valence-corrected chi connectivity index (χ3v) is 2.81. The summed E-state index contributed by atoms with van der Waals surface area (Å²) >= 11 is 0. The molecule has 5 heteroatoms. The van der Waals surface area contributed by atoms with E-state index < -0.39 is 0 Å². The van der Waals surface area contributed by atoms with Crippen LogP contribution in [-0.2, 0) is 16.1 Å². The van der Waals surface area contributed by atoms with Crippen molar-refractivity contribution in [2.24, 2.45) is 0 Å². The summed E-state index contributed by atoms with van der Waals surface area (Å²) in [5.74, 6) is 0.151. The Morgan fingerprint density at radius 3 is 2.95 bits per heavy atom. The zero-order chi connectivity index (χ0) is 13.9. The van der Waals surface area contributed by atoms with Gasteiger partial charge in [0, 0.05) is 26.3 Å². The SMILES string of the molecule is CNCCCC(=O)N(CCOC)Cc1ccccn1. The van der Waals surface area contributed by atoms with Crippen LogP contribution in [0.1, 0.15) is 18.5 Å². The Morgan fingerprint density at radius 1 is 1.47 bits per heavy atom. The molecule has 5 nitrogen and oxygen atoms in total. The second-order valence-corrected chi connectivity index (χ2v) is 4.34. The standard InChI is InChI=1S/C14H23N3O2/c1-15-8-5-7-14(18)17(10-11-19-2)12-13-6-3-4-9-16-13/h3-4,6,9,15H,5,7-8,10-12H2,1-2H3. The van der Waals surface area contributed by atoms with Crippen molar-refractivity contribution in [3.05, 3.63) is 30.1 Å². The van der Waals surface area contributed by atoms with E-state index in [1.807, 2.05) is 30.1 Å². The van der Waals surface area contributed by atoms with E-state index in [2.05, 4.69) is 10.3 Å². The van der Waals surface area contributed by atoms with E-state index in [0.29, 0.717) is 26.1 Å². The number of carbonyl (C=O) groups excluding carboxylic acids is 1. The zero-order valence-electron chi connectivity index (χ0n) is 11.8. The predicted molar refractivity (Wildman–Crippen MR) is 74.7 cm³/mol. The lowest BCUT2D eigenvalue weighted by molar-refractivity contribution is -0.132. The van der Waals surface area contributed by atoms with Crippen molar-refractivity contribution in [1.29, 1.82) is 0 Å². The number of hydrogen-bond donors (Lipinski definition) is 1. The second kappa shape index (κ2) is 9.47. The van der Waals surface area contributed by atoms with Crippen molar-refractivity contribution in [3.8, 4) is 0 Å². The lowest BCUT2D eigenvalue weighted by Crippen LogP contribution is -2.34. The zero-order valence-corrected chi connectivity index (χ0v) is 11.8. The van der Waals surface area contributed by atoms with E-state index in [0.717, 1.165) is 18.7 Å².